The van der Waals surface area contributed by atoms with Crippen LogP contribution in [0.1, 0.15) is 20.7 Å². The first-order valence-corrected chi connectivity index (χ1v) is 10.2. The largest absolute Gasteiger partial charge is 0.285 e. The van der Waals surface area contributed by atoms with Gasteiger partial charge in [-0.15, -0.1) is 0 Å². The number of nitro groups is 2. The topological polar surface area (TPSA) is 120 Å². The molecule has 0 bridgehead atoms. The van der Waals surface area contributed by atoms with Gasteiger partial charge in [0.15, 0.2) is 0 Å². The third kappa shape index (κ3) is 3.43. The number of benzene rings is 4. The number of hydrogen-bond donors (Lipinski definition) is 0. The van der Waals surface area contributed by atoms with Gasteiger partial charge in [0.25, 0.3) is 11.4 Å². The van der Waals surface area contributed by atoms with Crippen molar-refractivity contribution in [1.82, 2.24) is 0 Å². The molecular weight excluding hydrogens is 436 g/mol. The predicted molar refractivity (Wildman–Crippen MR) is 125 cm³/mol. The predicted octanol–water partition coefficient (Wildman–Crippen LogP) is 5.88. The van der Waals surface area contributed by atoms with Crippen molar-refractivity contribution in [2.24, 2.45) is 0 Å². The van der Waals surface area contributed by atoms with Gasteiger partial charge >= 0.3 is 0 Å². The van der Waals surface area contributed by atoms with E-state index in [1.165, 1.54) is 24.3 Å². The fourth-order valence-corrected chi connectivity index (χ4v) is 4.13. The van der Waals surface area contributed by atoms with Gasteiger partial charge in [-0.1, -0.05) is 36.4 Å². The van der Waals surface area contributed by atoms with Crippen molar-refractivity contribution in [3.8, 4) is 33.4 Å². The summed E-state index contributed by atoms with van der Waals surface area (Å²) in [4.78, 5) is 46.9. The second-order valence-electron chi connectivity index (χ2n) is 7.79. The molecule has 0 N–H and O–H groups in total. The minimum atomic E-state index is -0.629. The highest BCUT2D eigenvalue weighted by molar-refractivity contribution is 6.53. The highest BCUT2D eigenvalue weighted by atomic mass is 16.6. The van der Waals surface area contributed by atoms with Crippen LogP contribution in [0.2, 0.25) is 0 Å². The van der Waals surface area contributed by atoms with Crippen LogP contribution < -0.4 is 0 Å². The standard InChI is InChI=1S/C26H14N2O6/c29-25-21-9-7-17(15-3-1-5-19(11-15)27(31)32)13-23(21)24-14-18(8-10-22(24)26(25)30)16-4-2-6-20(12-16)28(33)34/h1-14H. The van der Waals surface area contributed by atoms with E-state index in [2.05, 4.69) is 0 Å². The maximum absolute atomic E-state index is 12.7. The molecule has 0 saturated heterocycles. The summed E-state index contributed by atoms with van der Waals surface area (Å²) in [7, 11) is 0. The fraction of sp³-hybridized carbons (Fsp3) is 0. The molecule has 0 aliphatic heterocycles. The number of carbonyl (C=O) groups is 2. The van der Waals surface area contributed by atoms with E-state index < -0.39 is 21.4 Å². The molecule has 1 aliphatic carbocycles. The van der Waals surface area contributed by atoms with Crippen molar-refractivity contribution in [2.45, 2.75) is 0 Å². The lowest BCUT2D eigenvalue weighted by Crippen LogP contribution is -2.21. The summed E-state index contributed by atoms with van der Waals surface area (Å²) in [5, 5.41) is 22.4. The van der Waals surface area contributed by atoms with Gasteiger partial charge < -0.3 is 0 Å². The van der Waals surface area contributed by atoms with Crippen molar-refractivity contribution in [1.29, 1.82) is 0 Å². The number of hydrogen-bond acceptors (Lipinski definition) is 6. The molecule has 34 heavy (non-hydrogen) atoms. The number of nitrogens with zero attached hydrogens (tertiary/aromatic N) is 2. The molecular formula is C26H14N2O6. The Labute approximate surface area is 192 Å². The molecule has 164 valence electrons. The van der Waals surface area contributed by atoms with Crippen LogP contribution in [0.25, 0.3) is 33.4 Å². The van der Waals surface area contributed by atoms with Gasteiger partial charge in [-0.05, 0) is 57.6 Å². The Morgan fingerprint density at radius 2 is 0.853 bits per heavy atom. The highest BCUT2D eigenvalue weighted by Gasteiger charge is 2.31. The van der Waals surface area contributed by atoms with Crippen LogP contribution in [0.5, 0.6) is 0 Å². The van der Waals surface area contributed by atoms with Gasteiger partial charge in [0.1, 0.15) is 0 Å². The maximum atomic E-state index is 12.7. The summed E-state index contributed by atoms with van der Waals surface area (Å²) in [6.07, 6.45) is 0. The van der Waals surface area contributed by atoms with Crippen LogP contribution in [0.3, 0.4) is 0 Å². The van der Waals surface area contributed by atoms with E-state index in [1.54, 1.807) is 60.7 Å². The first-order chi connectivity index (χ1) is 16.3. The Hall–Kier alpha value is -4.98. The van der Waals surface area contributed by atoms with Crippen molar-refractivity contribution >= 4 is 22.9 Å². The van der Waals surface area contributed by atoms with Crippen LogP contribution in [0.15, 0.2) is 84.9 Å². The van der Waals surface area contributed by atoms with Crippen molar-refractivity contribution in [2.75, 3.05) is 0 Å². The Bertz CT molecular complexity index is 1440. The van der Waals surface area contributed by atoms with E-state index >= 15 is 0 Å². The van der Waals surface area contributed by atoms with Gasteiger partial charge in [0.05, 0.1) is 9.85 Å². The molecule has 0 aromatic heterocycles. The Kier molecular flexibility index (Phi) is 4.83. The van der Waals surface area contributed by atoms with Gasteiger partial charge in [-0.3, -0.25) is 29.8 Å². The molecule has 0 atom stereocenters. The fourth-order valence-electron chi connectivity index (χ4n) is 4.13. The third-order valence-electron chi connectivity index (χ3n) is 5.81. The van der Waals surface area contributed by atoms with E-state index in [9.17, 15) is 29.8 Å². The molecule has 5 rings (SSSR count). The van der Waals surface area contributed by atoms with Gasteiger partial charge in [0, 0.05) is 35.4 Å². The number of rotatable bonds is 4. The van der Waals surface area contributed by atoms with E-state index in [4.69, 9.17) is 0 Å². The SMILES string of the molecule is O=C1C(=O)c2ccc(-c3cccc([N+](=O)[O-])c3)cc2-c2cc(-c3cccc([N+](=O)[O-])c3)ccc21. The molecule has 0 radical (unpaired) electrons. The van der Waals surface area contributed by atoms with Gasteiger partial charge in [-0.2, -0.15) is 0 Å². The summed E-state index contributed by atoms with van der Waals surface area (Å²) in [6, 6.07) is 22.1. The van der Waals surface area contributed by atoms with Gasteiger partial charge in [-0.25, -0.2) is 0 Å². The van der Waals surface area contributed by atoms with E-state index in [0.29, 0.717) is 33.4 Å². The van der Waals surface area contributed by atoms with Crippen molar-refractivity contribution < 1.29 is 19.4 Å². The first kappa shape index (κ1) is 20.9. The smallest absolute Gasteiger partial charge is 0.270 e. The summed E-state index contributed by atoms with van der Waals surface area (Å²) in [6.45, 7) is 0. The molecule has 8 heteroatoms. The zero-order valence-electron chi connectivity index (χ0n) is 17.4. The third-order valence-corrected chi connectivity index (χ3v) is 5.81. The maximum Gasteiger partial charge on any atom is 0.270 e. The quantitative estimate of drug-likeness (QED) is 0.217. The molecule has 1 aliphatic rings. The lowest BCUT2D eigenvalue weighted by atomic mass is 9.81. The minimum absolute atomic E-state index is 0.0603. The normalized spacial score (nSPS) is 12.1. The Morgan fingerprint density at radius 3 is 1.24 bits per heavy atom. The number of Topliss-reactive ketones (excluding diaryl/α,β-unsaturated/α-hetero) is 2. The van der Waals surface area contributed by atoms with Crippen LogP contribution in [0.4, 0.5) is 11.4 Å². The zero-order valence-corrected chi connectivity index (χ0v) is 17.4. The van der Waals surface area contributed by atoms with Crippen LogP contribution in [0, 0.1) is 20.2 Å². The summed E-state index contributed by atoms with van der Waals surface area (Å²) in [5.41, 5.74) is 3.89. The molecule has 0 fully saturated rings. The van der Waals surface area contributed by atoms with E-state index in [0.717, 1.165) is 0 Å². The molecule has 0 amide bonds. The molecule has 0 spiro atoms. The number of ketones is 2. The number of nitro benzene ring substituents is 2. The van der Waals surface area contributed by atoms with Crippen LogP contribution >= 0.6 is 0 Å². The second kappa shape index (κ2) is 7.86. The average molecular weight is 450 g/mol. The molecule has 8 nitrogen and oxygen atoms in total. The molecule has 0 saturated carbocycles. The van der Waals surface area contributed by atoms with Gasteiger partial charge in [0.2, 0.25) is 11.6 Å². The molecule has 0 unspecified atom stereocenters. The minimum Gasteiger partial charge on any atom is -0.285 e. The Morgan fingerprint density at radius 1 is 0.471 bits per heavy atom. The molecule has 0 heterocycles. The lowest BCUT2D eigenvalue weighted by Gasteiger charge is -2.20. The summed E-state index contributed by atoms with van der Waals surface area (Å²) < 4.78 is 0. The van der Waals surface area contributed by atoms with E-state index in [1.807, 2.05) is 0 Å². The number of non-ortho nitro benzene ring substituents is 2. The van der Waals surface area contributed by atoms with E-state index in [-0.39, 0.29) is 22.5 Å². The Balaban J connectivity index is 1.68. The lowest BCUT2D eigenvalue weighted by molar-refractivity contribution is -0.385. The van der Waals surface area contributed by atoms with Crippen molar-refractivity contribution in [3.05, 3.63) is 116 Å². The monoisotopic (exact) mass is 450 g/mol. The molecule has 4 aromatic carbocycles. The second-order valence-corrected chi connectivity index (χ2v) is 7.79. The summed E-state index contributed by atoms with van der Waals surface area (Å²) in [5.74, 6) is -1.26. The molecule has 4 aromatic rings. The highest BCUT2D eigenvalue weighted by Crippen LogP contribution is 2.39. The van der Waals surface area contributed by atoms with Crippen LogP contribution in [-0.4, -0.2) is 21.4 Å². The first-order valence-electron chi connectivity index (χ1n) is 10.2. The zero-order chi connectivity index (χ0) is 24.0. The van der Waals surface area contributed by atoms with Crippen molar-refractivity contribution in [3.63, 3.8) is 0 Å². The summed E-state index contributed by atoms with van der Waals surface area (Å²) >= 11 is 0. The average Bonchev–Trinajstić information content (AvgIpc) is 2.86. The number of fused-ring (bicyclic) bond motifs is 3. The van der Waals surface area contributed by atoms with Crippen LogP contribution in [-0.2, 0) is 0 Å². The number of carbonyl (C=O) groups excluding carboxylic acids is 2.